The van der Waals surface area contributed by atoms with E-state index in [1.807, 2.05) is 0 Å². The Kier molecular flexibility index (Phi) is 9.84. The molecular weight excluding hydrogens is 443 g/mol. The van der Waals surface area contributed by atoms with E-state index in [1.54, 1.807) is 7.05 Å². The maximum atomic E-state index is 5.30. The Labute approximate surface area is 174 Å². The van der Waals surface area contributed by atoms with Crippen LogP contribution in [0.2, 0.25) is 0 Å². The number of nitrogens with one attached hydrogen (secondary N) is 2. The number of rotatable bonds is 6. The van der Waals surface area contributed by atoms with Crippen molar-refractivity contribution < 1.29 is 4.52 Å². The molecule has 0 amide bonds. The van der Waals surface area contributed by atoms with Gasteiger partial charge in [0.1, 0.15) is 0 Å². The van der Waals surface area contributed by atoms with Crippen LogP contribution in [0.3, 0.4) is 0 Å². The van der Waals surface area contributed by atoms with Crippen molar-refractivity contribution in [2.24, 2.45) is 10.9 Å². The first-order valence-electron chi connectivity index (χ1n) is 9.38. The summed E-state index contributed by atoms with van der Waals surface area (Å²) in [4.78, 5) is 11.2. The summed E-state index contributed by atoms with van der Waals surface area (Å²) in [6.45, 7) is 13.6. The molecule has 2 heterocycles. The highest BCUT2D eigenvalue weighted by molar-refractivity contribution is 14.0. The molecule has 26 heavy (non-hydrogen) atoms. The average Bonchev–Trinajstić information content (AvgIpc) is 3.05. The van der Waals surface area contributed by atoms with Gasteiger partial charge in [0.2, 0.25) is 5.89 Å². The molecule has 2 rings (SSSR count). The summed E-state index contributed by atoms with van der Waals surface area (Å²) in [5, 5.41) is 10.6. The van der Waals surface area contributed by atoms with E-state index in [1.165, 1.54) is 25.9 Å². The monoisotopic (exact) mass is 478 g/mol. The maximum Gasteiger partial charge on any atom is 0.232 e. The van der Waals surface area contributed by atoms with Crippen molar-refractivity contribution in [1.29, 1.82) is 0 Å². The number of aliphatic imine (C=N–C) groups is 1. The molecule has 0 spiro atoms. The van der Waals surface area contributed by atoms with E-state index in [0.29, 0.717) is 18.3 Å². The lowest BCUT2D eigenvalue weighted by Crippen LogP contribution is -2.39. The van der Waals surface area contributed by atoms with Gasteiger partial charge in [0.05, 0.1) is 6.54 Å². The lowest BCUT2D eigenvalue weighted by Gasteiger charge is -2.30. The number of guanidine groups is 1. The Balaban J connectivity index is 0.00000338. The fraction of sp³-hybridized carbons (Fsp3) is 0.833. The van der Waals surface area contributed by atoms with Crippen LogP contribution in [-0.2, 0) is 12.0 Å². The molecule has 1 saturated heterocycles. The number of nitrogens with zero attached hydrogens (tertiary/aromatic N) is 4. The Morgan fingerprint density at radius 1 is 1.27 bits per heavy atom. The molecule has 1 aliphatic heterocycles. The van der Waals surface area contributed by atoms with Crippen LogP contribution in [0.15, 0.2) is 9.52 Å². The first-order valence-corrected chi connectivity index (χ1v) is 9.38. The number of likely N-dealkylation sites (tertiary alicyclic amines) is 1. The number of hydrogen-bond donors (Lipinski definition) is 2. The standard InChI is InChI=1S/C18H34N6O.HI/c1-14-7-11-24(12-8-14)10-6-9-20-17(19-5)21-13-15-22-16(25-23-15)18(2,3)4;/h14H,6-13H2,1-5H3,(H2,19,20,21);1H. The lowest BCUT2D eigenvalue weighted by atomic mass is 9.97. The van der Waals surface area contributed by atoms with Crippen LogP contribution in [0.25, 0.3) is 0 Å². The van der Waals surface area contributed by atoms with E-state index in [4.69, 9.17) is 4.52 Å². The van der Waals surface area contributed by atoms with Crippen molar-refractivity contribution in [3.8, 4) is 0 Å². The van der Waals surface area contributed by atoms with Crippen LogP contribution in [0.4, 0.5) is 0 Å². The van der Waals surface area contributed by atoms with E-state index >= 15 is 0 Å². The van der Waals surface area contributed by atoms with Gasteiger partial charge in [0, 0.05) is 19.0 Å². The summed E-state index contributed by atoms with van der Waals surface area (Å²) in [6, 6.07) is 0. The molecule has 8 heteroatoms. The molecule has 0 radical (unpaired) electrons. The molecule has 0 bridgehead atoms. The van der Waals surface area contributed by atoms with Gasteiger partial charge >= 0.3 is 0 Å². The maximum absolute atomic E-state index is 5.30. The molecule has 0 atom stereocenters. The molecule has 0 saturated carbocycles. The van der Waals surface area contributed by atoms with Gasteiger partial charge in [0.15, 0.2) is 11.8 Å². The van der Waals surface area contributed by atoms with E-state index in [2.05, 4.69) is 58.4 Å². The Bertz CT molecular complexity index is 546. The van der Waals surface area contributed by atoms with Crippen LogP contribution < -0.4 is 10.6 Å². The normalized spacial score (nSPS) is 17.0. The lowest BCUT2D eigenvalue weighted by molar-refractivity contribution is 0.191. The average molecular weight is 478 g/mol. The van der Waals surface area contributed by atoms with E-state index in [9.17, 15) is 0 Å². The van der Waals surface area contributed by atoms with Crippen LogP contribution in [0.5, 0.6) is 0 Å². The first-order chi connectivity index (χ1) is 11.9. The Morgan fingerprint density at radius 2 is 1.96 bits per heavy atom. The van der Waals surface area contributed by atoms with Crippen LogP contribution in [-0.4, -0.2) is 54.2 Å². The quantitative estimate of drug-likeness (QED) is 0.284. The van der Waals surface area contributed by atoms with Crippen molar-refractivity contribution in [2.75, 3.05) is 33.2 Å². The van der Waals surface area contributed by atoms with Gasteiger partial charge in [-0.1, -0.05) is 32.9 Å². The highest BCUT2D eigenvalue weighted by Crippen LogP contribution is 2.19. The number of halogens is 1. The molecular formula is C18H35IN6O. The van der Waals surface area contributed by atoms with Crippen LogP contribution >= 0.6 is 24.0 Å². The fourth-order valence-electron chi connectivity index (χ4n) is 2.81. The third-order valence-electron chi connectivity index (χ3n) is 4.57. The molecule has 2 N–H and O–H groups in total. The molecule has 7 nitrogen and oxygen atoms in total. The minimum Gasteiger partial charge on any atom is -0.356 e. The molecule has 150 valence electrons. The largest absolute Gasteiger partial charge is 0.356 e. The first kappa shape index (κ1) is 23.1. The molecule has 0 aromatic carbocycles. The van der Waals surface area contributed by atoms with Gasteiger partial charge in [-0.2, -0.15) is 4.98 Å². The second-order valence-corrected chi connectivity index (χ2v) is 8.00. The summed E-state index contributed by atoms with van der Waals surface area (Å²) in [7, 11) is 1.78. The van der Waals surface area contributed by atoms with Gasteiger partial charge in [-0.25, -0.2) is 0 Å². The number of piperidine rings is 1. The van der Waals surface area contributed by atoms with E-state index in [0.717, 1.165) is 31.4 Å². The predicted molar refractivity (Wildman–Crippen MR) is 116 cm³/mol. The molecule has 1 fully saturated rings. The summed E-state index contributed by atoms with van der Waals surface area (Å²) in [6.07, 6.45) is 3.78. The van der Waals surface area contributed by atoms with Crippen LogP contribution in [0, 0.1) is 5.92 Å². The highest BCUT2D eigenvalue weighted by Gasteiger charge is 2.21. The summed E-state index contributed by atoms with van der Waals surface area (Å²) < 4.78 is 5.30. The molecule has 1 aromatic rings. The third-order valence-corrected chi connectivity index (χ3v) is 4.57. The second kappa shape index (κ2) is 11.1. The highest BCUT2D eigenvalue weighted by atomic mass is 127. The van der Waals surface area contributed by atoms with Gasteiger partial charge in [-0.05, 0) is 44.8 Å². The van der Waals surface area contributed by atoms with E-state index in [-0.39, 0.29) is 29.4 Å². The molecule has 1 aromatic heterocycles. The van der Waals surface area contributed by atoms with Gasteiger partial charge in [-0.3, -0.25) is 4.99 Å². The van der Waals surface area contributed by atoms with Crippen molar-refractivity contribution in [1.82, 2.24) is 25.7 Å². The van der Waals surface area contributed by atoms with Gasteiger partial charge < -0.3 is 20.1 Å². The second-order valence-electron chi connectivity index (χ2n) is 8.00. The SMILES string of the molecule is CN=C(NCCCN1CCC(C)CC1)NCc1noc(C(C)(C)C)n1.I. The molecule has 0 unspecified atom stereocenters. The van der Waals surface area contributed by atoms with E-state index < -0.39 is 0 Å². The minimum atomic E-state index is -0.128. The predicted octanol–water partition coefficient (Wildman–Crippen LogP) is 2.77. The number of aromatic nitrogens is 2. The van der Waals surface area contributed by atoms with Crippen molar-refractivity contribution in [3.05, 3.63) is 11.7 Å². The van der Waals surface area contributed by atoms with Crippen molar-refractivity contribution >= 4 is 29.9 Å². The summed E-state index contributed by atoms with van der Waals surface area (Å²) >= 11 is 0. The minimum absolute atomic E-state index is 0. The zero-order valence-electron chi connectivity index (χ0n) is 16.8. The summed E-state index contributed by atoms with van der Waals surface area (Å²) in [5.74, 6) is 2.97. The Morgan fingerprint density at radius 3 is 2.54 bits per heavy atom. The topological polar surface area (TPSA) is 78.6 Å². The van der Waals surface area contributed by atoms with Crippen LogP contribution in [0.1, 0.15) is 58.7 Å². The zero-order valence-corrected chi connectivity index (χ0v) is 19.2. The smallest absolute Gasteiger partial charge is 0.232 e. The van der Waals surface area contributed by atoms with Gasteiger partial charge in [-0.15, -0.1) is 24.0 Å². The fourth-order valence-corrected chi connectivity index (χ4v) is 2.81. The van der Waals surface area contributed by atoms with Crippen molar-refractivity contribution in [3.63, 3.8) is 0 Å². The van der Waals surface area contributed by atoms with Crippen molar-refractivity contribution in [2.45, 2.75) is 58.9 Å². The van der Waals surface area contributed by atoms with Gasteiger partial charge in [0.25, 0.3) is 0 Å². The molecule has 0 aliphatic carbocycles. The Hall–Kier alpha value is -0.900. The molecule has 1 aliphatic rings. The number of hydrogen-bond acceptors (Lipinski definition) is 5. The zero-order chi connectivity index (χ0) is 18.3. The summed E-state index contributed by atoms with van der Waals surface area (Å²) in [5.41, 5.74) is -0.128. The third kappa shape index (κ3) is 7.77.